The van der Waals surface area contributed by atoms with E-state index in [1.807, 2.05) is 54.1 Å². The number of benzene rings is 1. The van der Waals surface area contributed by atoms with Gasteiger partial charge in [0.25, 0.3) is 5.91 Å². The summed E-state index contributed by atoms with van der Waals surface area (Å²) in [7, 11) is 0. The second-order valence-corrected chi connectivity index (χ2v) is 7.32. The molecule has 1 amide bonds. The van der Waals surface area contributed by atoms with Crippen LogP contribution in [-0.2, 0) is 0 Å². The lowest BCUT2D eigenvalue weighted by atomic mass is 10.1. The number of carbonyl (C=O) groups excluding carboxylic acids is 1. The Morgan fingerprint density at radius 3 is 2.52 bits per heavy atom. The standard InChI is InChI=1S/C22H21N7O2/c1-16-24-20(14-21(25-16)29-8-7-23-15-29)27-9-11-28(12-10-27)22(30)18-13-19(31-26-18)17-5-3-2-4-6-17/h2-8,13-15H,9-12H2,1H3. The Hall–Kier alpha value is -4.01. The van der Waals surface area contributed by atoms with Gasteiger partial charge in [-0.05, 0) is 6.92 Å². The number of anilines is 1. The van der Waals surface area contributed by atoms with E-state index in [9.17, 15) is 4.79 Å². The molecule has 0 atom stereocenters. The van der Waals surface area contributed by atoms with E-state index >= 15 is 0 Å². The number of piperazine rings is 1. The number of hydrogen-bond acceptors (Lipinski definition) is 7. The third-order valence-corrected chi connectivity index (χ3v) is 5.26. The molecule has 1 fully saturated rings. The highest BCUT2D eigenvalue weighted by Crippen LogP contribution is 2.22. The number of aryl methyl sites for hydroxylation is 1. The van der Waals surface area contributed by atoms with Gasteiger partial charge >= 0.3 is 0 Å². The molecule has 0 saturated carbocycles. The molecule has 4 heterocycles. The summed E-state index contributed by atoms with van der Waals surface area (Å²) < 4.78 is 7.24. The second kappa shape index (κ2) is 8.02. The molecule has 156 valence electrons. The average molecular weight is 415 g/mol. The molecule has 0 N–H and O–H groups in total. The van der Waals surface area contributed by atoms with Crippen molar-refractivity contribution in [3.8, 4) is 17.1 Å². The van der Waals surface area contributed by atoms with Gasteiger partial charge in [-0.2, -0.15) is 0 Å². The summed E-state index contributed by atoms with van der Waals surface area (Å²) in [5, 5.41) is 3.99. The highest BCUT2D eigenvalue weighted by Gasteiger charge is 2.25. The van der Waals surface area contributed by atoms with Crippen molar-refractivity contribution in [1.29, 1.82) is 0 Å². The molecule has 31 heavy (non-hydrogen) atoms. The van der Waals surface area contributed by atoms with Crippen molar-refractivity contribution in [1.82, 2.24) is 29.6 Å². The molecule has 4 aromatic rings. The van der Waals surface area contributed by atoms with Crippen molar-refractivity contribution in [3.05, 3.63) is 72.7 Å². The number of nitrogens with zero attached hydrogens (tertiary/aromatic N) is 7. The first-order chi connectivity index (χ1) is 15.2. The SMILES string of the molecule is Cc1nc(N2CCN(C(=O)c3cc(-c4ccccc4)on3)CC2)cc(-n2ccnc2)n1. The molecule has 0 radical (unpaired) electrons. The largest absolute Gasteiger partial charge is 0.355 e. The van der Waals surface area contributed by atoms with Gasteiger partial charge in [0, 0.05) is 56.3 Å². The van der Waals surface area contributed by atoms with E-state index in [2.05, 4.69) is 25.0 Å². The van der Waals surface area contributed by atoms with Gasteiger partial charge in [0.05, 0.1) is 0 Å². The van der Waals surface area contributed by atoms with Gasteiger partial charge in [0.15, 0.2) is 11.5 Å². The van der Waals surface area contributed by atoms with Crippen molar-refractivity contribution >= 4 is 11.7 Å². The van der Waals surface area contributed by atoms with Gasteiger partial charge in [-0.15, -0.1) is 0 Å². The zero-order chi connectivity index (χ0) is 21.2. The summed E-state index contributed by atoms with van der Waals surface area (Å²) >= 11 is 0. The maximum absolute atomic E-state index is 12.9. The number of carbonyl (C=O) groups is 1. The van der Waals surface area contributed by atoms with Crippen LogP contribution in [0.5, 0.6) is 0 Å². The Labute approximate surface area is 179 Å². The number of imidazole rings is 1. The maximum Gasteiger partial charge on any atom is 0.276 e. The Bertz CT molecular complexity index is 1180. The van der Waals surface area contributed by atoms with Crippen LogP contribution in [0, 0.1) is 6.92 Å². The van der Waals surface area contributed by atoms with E-state index < -0.39 is 0 Å². The van der Waals surface area contributed by atoms with E-state index in [1.54, 1.807) is 23.5 Å². The van der Waals surface area contributed by atoms with Crippen molar-refractivity contribution in [3.63, 3.8) is 0 Å². The van der Waals surface area contributed by atoms with Gasteiger partial charge in [-0.1, -0.05) is 35.5 Å². The molecule has 1 aliphatic rings. The summed E-state index contributed by atoms with van der Waals surface area (Å²) in [6, 6.07) is 13.3. The minimum absolute atomic E-state index is 0.122. The summed E-state index contributed by atoms with van der Waals surface area (Å²) in [5.74, 6) is 2.77. The summed E-state index contributed by atoms with van der Waals surface area (Å²) in [5.41, 5.74) is 1.22. The van der Waals surface area contributed by atoms with Crippen LogP contribution in [0.1, 0.15) is 16.3 Å². The smallest absolute Gasteiger partial charge is 0.276 e. The molecule has 9 heteroatoms. The van der Waals surface area contributed by atoms with Crippen LogP contribution in [0.25, 0.3) is 17.1 Å². The van der Waals surface area contributed by atoms with Crippen molar-refractivity contribution in [2.45, 2.75) is 6.92 Å². The lowest BCUT2D eigenvalue weighted by Gasteiger charge is -2.35. The third-order valence-electron chi connectivity index (χ3n) is 5.26. The van der Waals surface area contributed by atoms with Crippen molar-refractivity contribution in [2.75, 3.05) is 31.1 Å². The van der Waals surface area contributed by atoms with E-state index in [1.165, 1.54) is 0 Å². The molecule has 0 bridgehead atoms. The normalized spacial score (nSPS) is 14.1. The predicted molar refractivity (Wildman–Crippen MR) is 114 cm³/mol. The van der Waals surface area contributed by atoms with Crippen LogP contribution in [0.3, 0.4) is 0 Å². The maximum atomic E-state index is 12.9. The monoisotopic (exact) mass is 415 g/mol. The highest BCUT2D eigenvalue weighted by atomic mass is 16.5. The van der Waals surface area contributed by atoms with E-state index in [4.69, 9.17) is 4.52 Å². The fourth-order valence-electron chi connectivity index (χ4n) is 3.64. The molecule has 1 saturated heterocycles. The average Bonchev–Trinajstić information content (AvgIpc) is 3.52. The van der Waals surface area contributed by atoms with Gasteiger partial charge in [0.1, 0.15) is 23.8 Å². The summed E-state index contributed by atoms with van der Waals surface area (Å²) in [6.45, 7) is 4.38. The molecule has 1 aliphatic heterocycles. The summed E-state index contributed by atoms with van der Waals surface area (Å²) in [6.07, 6.45) is 5.28. The molecule has 3 aromatic heterocycles. The molecule has 1 aromatic carbocycles. The molecular weight excluding hydrogens is 394 g/mol. The first kappa shape index (κ1) is 19.0. The molecule has 0 spiro atoms. The van der Waals surface area contributed by atoms with E-state index in [-0.39, 0.29) is 5.91 Å². The van der Waals surface area contributed by atoms with Crippen molar-refractivity contribution < 1.29 is 9.32 Å². The van der Waals surface area contributed by atoms with Gasteiger partial charge in [-0.25, -0.2) is 15.0 Å². The van der Waals surface area contributed by atoms with Crippen LogP contribution < -0.4 is 4.90 Å². The fourth-order valence-corrected chi connectivity index (χ4v) is 3.64. The number of rotatable bonds is 4. The molecular formula is C22H21N7O2. The minimum atomic E-state index is -0.122. The topological polar surface area (TPSA) is 93.2 Å². The number of hydrogen-bond donors (Lipinski definition) is 0. The fraction of sp³-hybridized carbons (Fsp3) is 0.227. The van der Waals surface area contributed by atoms with Crippen molar-refractivity contribution in [2.24, 2.45) is 0 Å². The minimum Gasteiger partial charge on any atom is -0.355 e. The highest BCUT2D eigenvalue weighted by molar-refractivity contribution is 5.93. The Balaban J connectivity index is 1.27. The lowest BCUT2D eigenvalue weighted by molar-refractivity contribution is 0.0736. The molecule has 0 unspecified atom stereocenters. The quantitative estimate of drug-likeness (QED) is 0.506. The predicted octanol–water partition coefficient (Wildman–Crippen LogP) is 2.59. The van der Waals surface area contributed by atoms with Crippen LogP contribution in [0.2, 0.25) is 0 Å². The molecule has 9 nitrogen and oxygen atoms in total. The first-order valence-corrected chi connectivity index (χ1v) is 10.1. The Morgan fingerprint density at radius 1 is 1.00 bits per heavy atom. The third kappa shape index (κ3) is 3.89. The lowest BCUT2D eigenvalue weighted by Crippen LogP contribution is -2.49. The van der Waals surface area contributed by atoms with Gasteiger partial charge < -0.3 is 14.3 Å². The van der Waals surface area contributed by atoms with E-state index in [0.29, 0.717) is 43.5 Å². The second-order valence-electron chi connectivity index (χ2n) is 7.32. The van der Waals surface area contributed by atoms with Gasteiger partial charge in [0.2, 0.25) is 0 Å². The van der Waals surface area contributed by atoms with E-state index in [0.717, 1.165) is 17.2 Å². The Morgan fingerprint density at radius 2 is 1.77 bits per heavy atom. The zero-order valence-corrected chi connectivity index (χ0v) is 17.0. The first-order valence-electron chi connectivity index (χ1n) is 10.1. The number of aromatic nitrogens is 5. The van der Waals surface area contributed by atoms with Gasteiger partial charge in [-0.3, -0.25) is 9.36 Å². The molecule has 0 aliphatic carbocycles. The Kier molecular flexibility index (Phi) is 4.91. The van der Waals surface area contributed by atoms with Crippen LogP contribution in [-0.4, -0.2) is 61.7 Å². The van der Waals surface area contributed by atoms with Crippen LogP contribution in [0.15, 0.2) is 65.7 Å². The summed E-state index contributed by atoms with van der Waals surface area (Å²) in [4.78, 5) is 30.0. The van der Waals surface area contributed by atoms with Crippen LogP contribution >= 0.6 is 0 Å². The zero-order valence-electron chi connectivity index (χ0n) is 17.0. The van der Waals surface area contributed by atoms with Crippen LogP contribution in [0.4, 0.5) is 5.82 Å². The number of amides is 1. The molecule has 5 rings (SSSR count).